The Morgan fingerprint density at radius 2 is 2.16 bits per heavy atom. The first-order valence-corrected chi connectivity index (χ1v) is 6.01. The zero-order chi connectivity index (χ0) is 13.4. The zero-order valence-corrected chi connectivity index (χ0v) is 10.5. The van der Waals surface area contributed by atoms with Crippen LogP contribution in [0.25, 0.3) is 10.9 Å². The van der Waals surface area contributed by atoms with Gasteiger partial charge in [-0.15, -0.1) is 0 Å². The summed E-state index contributed by atoms with van der Waals surface area (Å²) in [6.07, 6.45) is 3.36. The normalized spacial score (nSPS) is 11.0. The average Bonchev–Trinajstić information content (AvgIpc) is 2.98. The second-order valence-electron chi connectivity index (χ2n) is 4.51. The minimum atomic E-state index is -0.962. The average molecular weight is 255 g/mol. The van der Waals surface area contributed by atoms with Gasteiger partial charge in [0.2, 0.25) is 0 Å². The number of aromatic carboxylic acids is 1. The van der Waals surface area contributed by atoms with Gasteiger partial charge in [-0.2, -0.15) is 0 Å². The van der Waals surface area contributed by atoms with Crippen molar-refractivity contribution in [2.75, 3.05) is 0 Å². The van der Waals surface area contributed by atoms with Crippen LogP contribution in [-0.4, -0.2) is 15.6 Å². The van der Waals surface area contributed by atoms with Crippen LogP contribution in [-0.2, 0) is 6.54 Å². The molecule has 0 spiro atoms. The van der Waals surface area contributed by atoms with E-state index in [-0.39, 0.29) is 5.56 Å². The van der Waals surface area contributed by atoms with Gasteiger partial charge >= 0.3 is 5.97 Å². The van der Waals surface area contributed by atoms with Crippen molar-refractivity contribution in [3.05, 3.63) is 59.7 Å². The molecule has 2 heterocycles. The van der Waals surface area contributed by atoms with Crippen LogP contribution in [0.15, 0.2) is 47.2 Å². The van der Waals surface area contributed by atoms with E-state index >= 15 is 0 Å². The van der Waals surface area contributed by atoms with Crippen molar-refractivity contribution in [1.29, 1.82) is 0 Å². The molecule has 0 aliphatic rings. The molecule has 96 valence electrons. The monoisotopic (exact) mass is 255 g/mol. The predicted molar refractivity (Wildman–Crippen MR) is 71.4 cm³/mol. The molecule has 0 unspecified atom stereocenters. The molecule has 0 radical (unpaired) electrons. The Bertz CT molecular complexity index is 752. The summed E-state index contributed by atoms with van der Waals surface area (Å²) in [4.78, 5) is 11.1. The molecule has 4 heteroatoms. The molecular formula is C15H13NO3. The minimum Gasteiger partial charge on any atom is -0.478 e. The smallest absolute Gasteiger partial charge is 0.339 e. The van der Waals surface area contributed by atoms with Gasteiger partial charge in [-0.3, -0.25) is 0 Å². The highest BCUT2D eigenvalue weighted by Gasteiger charge is 2.14. The van der Waals surface area contributed by atoms with Crippen molar-refractivity contribution in [2.24, 2.45) is 0 Å². The standard InChI is InChI=1S/C15H13NO3/c1-10-3-2-4-13-11(10)5-7-16(13)9-14-12(15(17)18)6-8-19-14/h2-8H,9H2,1H3,(H,17,18). The van der Waals surface area contributed by atoms with Crippen LogP contribution >= 0.6 is 0 Å². The van der Waals surface area contributed by atoms with E-state index < -0.39 is 5.97 Å². The Morgan fingerprint density at radius 3 is 2.95 bits per heavy atom. The third-order valence-electron chi connectivity index (χ3n) is 3.32. The lowest BCUT2D eigenvalue weighted by molar-refractivity contribution is 0.0694. The largest absolute Gasteiger partial charge is 0.478 e. The lowest BCUT2D eigenvalue weighted by Gasteiger charge is -2.05. The number of aryl methyl sites for hydroxylation is 1. The van der Waals surface area contributed by atoms with Crippen molar-refractivity contribution in [3.8, 4) is 0 Å². The van der Waals surface area contributed by atoms with Gasteiger partial charge in [0.15, 0.2) is 0 Å². The summed E-state index contributed by atoms with van der Waals surface area (Å²) in [7, 11) is 0. The summed E-state index contributed by atoms with van der Waals surface area (Å²) in [6, 6.07) is 9.59. The van der Waals surface area contributed by atoms with Crippen LogP contribution in [0, 0.1) is 6.92 Å². The van der Waals surface area contributed by atoms with Gasteiger partial charge in [0.05, 0.1) is 12.8 Å². The highest BCUT2D eigenvalue weighted by atomic mass is 16.4. The van der Waals surface area contributed by atoms with Crippen LogP contribution < -0.4 is 0 Å². The van der Waals surface area contributed by atoms with Gasteiger partial charge in [0.1, 0.15) is 11.3 Å². The first-order chi connectivity index (χ1) is 9.16. The Hall–Kier alpha value is -2.49. The van der Waals surface area contributed by atoms with E-state index in [0.717, 1.165) is 5.52 Å². The van der Waals surface area contributed by atoms with E-state index in [9.17, 15) is 4.79 Å². The van der Waals surface area contributed by atoms with Crippen LogP contribution in [0.2, 0.25) is 0 Å². The number of rotatable bonds is 3. The molecule has 2 aromatic heterocycles. The topological polar surface area (TPSA) is 55.4 Å². The number of carbonyl (C=O) groups is 1. The number of hydrogen-bond acceptors (Lipinski definition) is 2. The second kappa shape index (κ2) is 4.31. The van der Waals surface area contributed by atoms with Gasteiger partial charge in [-0.05, 0) is 30.7 Å². The number of hydrogen-bond donors (Lipinski definition) is 1. The SMILES string of the molecule is Cc1cccc2c1ccn2Cc1occc1C(=O)O. The van der Waals surface area contributed by atoms with Crippen molar-refractivity contribution in [2.45, 2.75) is 13.5 Å². The Morgan fingerprint density at radius 1 is 1.32 bits per heavy atom. The second-order valence-corrected chi connectivity index (χ2v) is 4.51. The number of aromatic nitrogens is 1. The first kappa shape index (κ1) is 11.6. The summed E-state index contributed by atoms with van der Waals surface area (Å²) < 4.78 is 7.27. The molecule has 0 fully saturated rings. The van der Waals surface area contributed by atoms with E-state index in [1.165, 1.54) is 23.3 Å². The highest BCUT2D eigenvalue weighted by Crippen LogP contribution is 2.21. The fraction of sp³-hybridized carbons (Fsp3) is 0.133. The summed E-state index contributed by atoms with van der Waals surface area (Å²) in [6.45, 7) is 2.48. The number of carboxylic acids is 1. The number of furan rings is 1. The Kier molecular flexibility index (Phi) is 2.63. The van der Waals surface area contributed by atoms with Crippen molar-refractivity contribution in [1.82, 2.24) is 4.57 Å². The number of carboxylic acid groups (broad SMARTS) is 1. The number of benzene rings is 1. The summed E-state index contributed by atoms with van der Waals surface area (Å²) >= 11 is 0. The third-order valence-corrected chi connectivity index (χ3v) is 3.32. The van der Waals surface area contributed by atoms with Crippen molar-refractivity contribution >= 4 is 16.9 Å². The highest BCUT2D eigenvalue weighted by molar-refractivity contribution is 5.89. The lowest BCUT2D eigenvalue weighted by Crippen LogP contribution is -2.03. The maximum absolute atomic E-state index is 11.1. The molecule has 0 aliphatic carbocycles. The molecule has 0 saturated carbocycles. The van der Waals surface area contributed by atoms with Crippen molar-refractivity contribution < 1.29 is 14.3 Å². The van der Waals surface area contributed by atoms with Crippen molar-refractivity contribution in [3.63, 3.8) is 0 Å². The molecule has 0 atom stereocenters. The number of fused-ring (bicyclic) bond motifs is 1. The fourth-order valence-corrected chi connectivity index (χ4v) is 2.32. The summed E-state index contributed by atoms with van der Waals surface area (Å²) in [5, 5.41) is 10.2. The van der Waals surface area contributed by atoms with E-state index in [0.29, 0.717) is 12.3 Å². The van der Waals surface area contributed by atoms with Gasteiger partial charge in [0.25, 0.3) is 0 Å². The van der Waals surface area contributed by atoms with Crippen LogP contribution in [0.5, 0.6) is 0 Å². The van der Waals surface area contributed by atoms with Gasteiger partial charge < -0.3 is 14.1 Å². The quantitative estimate of drug-likeness (QED) is 0.781. The van der Waals surface area contributed by atoms with E-state index in [1.54, 1.807) is 0 Å². The van der Waals surface area contributed by atoms with Crippen LogP contribution in [0.3, 0.4) is 0 Å². The van der Waals surface area contributed by atoms with Gasteiger partial charge in [-0.1, -0.05) is 12.1 Å². The van der Waals surface area contributed by atoms with Gasteiger partial charge in [-0.25, -0.2) is 4.79 Å². The Labute approximate surface area is 109 Å². The number of nitrogens with zero attached hydrogens (tertiary/aromatic N) is 1. The maximum atomic E-state index is 11.1. The molecule has 1 aromatic carbocycles. The third kappa shape index (κ3) is 1.91. The molecule has 0 bridgehead atoms. The first-order valence-electron chi connectivity index (χ1n) is 6.01. The molecular weight excluding hydrogens is 242 g/mol. The molecule has 0 saturated heterocycles. The van der Waals surface area contributed by atoms with E-state index in [4.69, 9.17) is 9.52 Å². The van der Waals surface area contributed by atoms with Crippen LogP contribution in [0.1, 0.15) is 21.7 Å². The molecule has 19 heavy (non-hydrogen) atoms. The minimum absolute atomic E-state index is 0.217. The maximum Gasteiger partial charge on any atom is 0.339 e. The van der Waals surface area contributed by atoms with E-state index in [2.05, 4.69) is 13.0 Å². The predicted octanol–water partition coefficient (Wildman–Crippen LogP) is 3.29. The zero-order valence-electron chi connectivity index (χ0n) is 10.5. The summed E-state index contributed by atoms with van der Waals surface area (Å²) in [5.41, 5.74) is 2.50. The molecule has 3 aromatic rings. The van der Waals surface area contributed by atoms with Gasteiger partial charge in [0, 0.05) is 17.1 Å². The molecule has 4 nitrogen and oxygen atoms in total. The van der Waals surface area contributed by atoms with Crippen LogP contribution in [0.4, 0.5) is 0 Å². The molecule has 0 aliphatic heterocycles. The lowest BCUT2D eigenvalue weighted by atomic mass is 10.1. The summed E-state index contributed by atoms with van der Waals surface area (Å²) in [5.74, 6) is -0.497. The van der Waals surface area contributed by atoms with E-state index in [1.807, 2.05) is 29.0 Å². The molecule has 3 rings (SSSR count). The fourth-order valence-electron chi connectivity index (χ4n) is 2.32. The molecule has 1 N–H and O–H groups in total. The molecule has 0 amide bonds. The Balaban J connectivity index is 2.04.